The van der Waals surface area contributed by atoms with Crippen molar-refractivity contribution in [1.82, 2.24) is 20.2 Å². The van der Waals surface area contributed by atoms with Crippen LogP contribution >= 0.6 is 0 Å². The minimum atomic E-state index is -1.02. The second kappa shape index (κ2) is 5.16. The Morgan fingerprint density at radius 2 is 1.90 bits per heavy atom. The number of carboxylic acid groups (broad SMARTS) is 1. The van der Waals surface area contributed by atoms with Crippen LogP contribution in [0.3, 0.4) is 0 Å². The first kappa shape index (κ1) is 13.0. The predicted molar refractivity (Wildman–Crippen MR) is 76.3 cm³/mol. The molecule has 0 spiro atoms. The fourth-order valence-electron chi connectivity index (χ4n) is 2.01. The van der Waals surface area contributed by atoms with E-state index in [-0.39, 0.29) is 5.56 Å². The lowest BCUT2D eigenvalue weighted by Gasteiger charge is -2.04. The molecule has 3 rings (SSSR count). The first-order chi connectivity index (χ1) is 10.1. The van der Waals surface area contributed by atoms with Gasteiger partial charge in [0.2, 0.25) is 5.82 Å². The van der Waals surface area contributed by atoms with E-state index in [2.05, 4.69) is 15.4 Å². The second-order valence-corrected chi connectivity index (χ2v) is 4.59. The standard InChI is InChI=1S/C15H12N4O2/c1-10-7-8-13(12(9-10)15(20)21)19-17-14(16-18-19)11-5-3-2-4-6-11/h2-9H,1H3,(H,20,21). The minimum absolute atomic E-state index is 0.145. The molecular weight excluding hydrogens is 268 g/mol. The van der Waals surface area contributed by atoms with E-state index >= 15 is 0 Å². The Morgan fingerprint density at radius 3 is 2.62 bits per heavy atom. The third kappa shape index (κ3) is 2.51. The number of aromatic carboxylic acids is 1. The van der Waals surface area contributed by atoms with Crippen molar-refractivity contribution in [3.05, 3.63) is 59.7 Å². The van der Waals surface area contributed by atoms with Crippen LogP contribution in [0, 0.1) is 6.92 Å². The molecule has 21 heavy (non-hydrogen) atoms. The highest BCUT2D eigenvalue weighted by atomic mass is 16.4. The monoisotopic (exact) mass is 280 g/mol. The molecule has 6 nitrogen and oxygen atoms in total. The first-order valence-corrected chi connectivity index (χ1v) is 6.35. The van der Waals surface area contributed by atoms with E-state index in [1.807, 2.05) is 43.3 Å². The Kier molecular flexibility index (Phi) is 3.19. The number of benzene rings is 2. The molecular formula is C15H12N4O2. The van der Waals surface area contributed by atoms with E-state index in [9.17, 15) is 9.90 Å². The second-order valence-electron chi connectivity index (χ2n) is 4.59. The smallest absolute Gasteiger partial charge is 0.337 e. The number of hydrogen-bond donors (Lipinski definition) is 1. The highest BCUT2D eigenvalue weighted by Gasteiger charge is 2.15. The molecule has 2 aromatic carbocycles. The Balaban J connectivity index is 2.07. The topological polar surface area (TPSA) is 80.9 Å². The van der Waals surface area contributed by atoms with Gasteiger partial charge in [0.05, 0.1) is 5.56 Å². The molecule has 0 fully saturated rings. The molecule has 0 saturated heterocycles. The summed E-state index contributed by atoms with van der Waals surface area (Å²) in [6, 6.07) is 14.5. The summed E-state index contributed by atoms with van der Waals surface area (Å²) in [5, 5.41) is 21.5. The van der Waals surface area contributed by atoms with E-state index < -0.39 is 5.97 Å². The van der Waals surface area contributed by atoms with Crippen molar-refractivity contribution in [3.63, 3.8) is 0 Å². The van der Waals surface area contributed by atoms with Gasteiger partial charge in [0, 0.05) is 5.56 Å². The molecule has 1 heterocycles. The van der Waals surface area contributed by atoms with E-state index in [0.29, 0.717) is 11.5 Å². The van der Waals surface area contributed by atoms with E-state index in [1.54, 1.807) is 12.1 Å². The average Bonchev–Trinajstić information content (AvgIpc) is 2.97. The Bertz CT molecular complexity index is 796. The van der Waals surface area contributed by atoms with Crippen molar-refractivity contribution in [3.8, 4) is 17.1 Å². The van der Waals surface area contributed by atoms with Crippen molar-refractivity contribution in [2.24, 2.45) is 0 Å². The van der Waals surface area contributed by atoms with Gasteiger partial charge in [-0.3, -0.25) is 0 Å². The highest BCUT2D eigenvalue weighted by molar-refractivity contribution is 5.92. The molecule has 0 aliphatic rings. The minimum Gasteiger partial charge on any atom is -0.478 e. The molecule has 0 aliphatic carbocycles. The van der Waals surface area contributed by atoms with Crippen molar-refractivity contribution in [2.45, 2.75) is 6.92 Å². The van der Waals surface area contributed by atoms with Gasteiger partial charge in [0.25, 0.3) is 0 Å². The van der Waals surface area contributed by atoms with Gasteiger partial charge in [0.1, 0.15) is 5.69 Å². The summed E-state index contributed by atoms with van der Waals surface area (Å²) in [6.07, 6.45) is 0. The summed E-state index contributed by atoms with van der Waals surface area (Å²) in [6.45, 7) is 1.83. The lowest BCUT2D eigenvalue weighted by molar-refractivity contribution is 0.0696. The largest absolute Gasteiger partial charge is 0.478 e. The molecule has 1 N–H and O–H groups in total. The van der Waals surface area contributed by atoms with Crippen LogP contribution in [0.4, 0.5) is 0 Å². The zero-order valence-electron chi connectivity index (χ0n) is 11.3. The van der Waals surface area contributed by atoms with Crippen molar-refractivity contribution in [2.75, 3.05) is 0 Å². The number of nitrogens with zero attached hydrogens (tertiary/aromatic N) is 4. The van der Waals surface area contributed by atoms with Gasteiger partial charge in [-0.1, -0.05) is 42.0 Å². The first-order valence-electron chi connectivity index (χ1n) is 6.35. The van der Waals surface area contributed by atoms with Gasteiger partial charge >= 0.3 is 5.97 Å². The van der Waals surface area contributed by atoms with Crippen LogP contribution in [0.2, 0.25) is 0 Å². The molecule has 0 radical (unpaired) electrons. The van der Waals surface area contributed by atoms with Gasteiger partial charge in [0.15, 0.2) is 0 Å². The Morgan fingerprint density at radius 1 is 1.14 bits per heavy atom. The van der Waals surface area contributed by atoms with Gasteiger partial charge in [-0.25, -0.2) is 4.79 Å². The number of tetrazole rings is 1. The molecule has 0 aliphatic heterocycles. The zero-order chi connectivity index (χ0) is 14.8. The van der Waals surface area contributed by atoms with Crippen LogP contribution in [-0.4, -0.2) is 31.3 Å². The lowest BCUT2D eigenvalue weighted by Crippen LogP contribution is -2.08. The number of carbonyl (C=O) groups is 1. The molecule has 3 aromatic rings. The maximum atomic E-state index is 11.3. The Hall–Kier alpha value is -3.02. The van der Waals surface area contributed by atoms with Gasteiger partial charge < -0.3 is 5.11 Å². The summed E-state index contributed by atoms with van der Waals surface area (Å²) in [7, 11) is 0. The molecule has 0 amide bonds. The van der Waals surface area contributed by atoms with Crippen molar-refractivity contribution >= 4 is 5.97 Å². The number of hydrogen-bond acceptors (Lipinski definition) is 4. The SMILES string of the molecule is Cc1ccc(-n2nnc(-c3ccccc3)n2)c(C(=O)O)c1. The van der Waals surface area contributed by atoms with Gasteiger partial charge in [-0.15, -0.1) is 15.0 Å². The quantitative estimate of drug-likeness (QED) is 0.796. The number of rotatable bonds is 3. The van der Waals surface area contributed by atoms with Gasteiger partial charge in [-0.2, -0.15) is 0 Å². The fraction of sp³-hybridized carbons (Fsp3) is 0.0667. The number of carboxylic acids is 1. The Labute approximate surface area is 120 Å². The highest BCUT2D eigenvalue weighted by Crippen LogP contribution is 2.17. The zero-order valence-corrected chi connectivity index (χ0v) is 11.3. The number of aryl methyl sites for hydroxylation is 1. The van der Waals surface area contributed by atoms with E-state index in [4.69, 9.17) is 0 Å². The average molecular weight is 280 g/mol. The van der Waals surface area contributed by atoms with E-state index in [0.717, 1.165) is 11.1 Å². The number of aromatic nitrogens is 4. The van der Waals surface area contributed by atoms with Crippen LogP contribution in [0.25, 0.3) is 17.1 Å². The third-order valence-electron chi connectivity index (χ3n) is 3.04. The third-order valence-corrected chi connectivity index (χ3v) is 3.04. The normalized spacial score (nSPS) is 10.5. The fourth-order valence-corrected chi connectivity index (χ4v) is 2.01. The lowest BCUT2D eigenvalue weighted by atomic mass is 10.1. The summed E-state index contributed by atoms with van der Waals surface area (Å²) in [5.74, 6) is -0.570. The summed E-state index contributed by atoms with van der Waals surface area (Å²) < 4.78 is 0. The van der Waals surface area contributed by atoms with Crippen LogP contribution in [0.1, 0.15) is 15.9 Å². The molecule has 0 saturated carbocycles. The van der Waals surface area contributed by atoms with Crippen molar-refractivity contribution in [1.29, 1.82) is 0 Å². The molecule has 1 aromatic heterocycles. The van der Waals surface area contributed by atoms with E-state index in [1.165, 1.54) is 4.80 Å². The predicted octanol–water partition coefficient (Wildman–Crippen LogP) is 2.34. The maximum absolute atomic E-state index is 11.3. The summed E-state index contributed by atoms with van der Waals surface area (Å²) in [4.78, 5) is 12.6. The maximum Gasteiger partial charge on any atom is 0.337 e. The molecule has 6 heteroatoms. The van der Waals surface area contributed by atoms with Crippen LogP contribution in [-0.2, 0) is 0 Å². The van der Waals surface area contributed by atoms with Crippen molar-refractivity contribution < 1.29 is 9.90 Å². The summed E-state index contributed by atoms with van der Waals surface area (Å²) in [5.41, 5.74) is 2.22. The summed E-state index contributed by atoms with van der Waals surface area (Å²) >= 11 is 0. The molecule has 0 bridgehead atoms. The van der Waals surface area contributed by atoms with Crippen LogP contribution in [0.15, 0.2) is 48.5 Å². The van der Waals surface area contributed by atoms with Crippen LogP contribution in [0.5, 0.6) is 0 Å². The molecule has 0 atom stereocenters. The van der Waals surface area contributed by atoms with Crippen LogP contribution < -0.4 is 0 Å². The molecule has 0 unspecified atom stereocenters. The van der Waals surface area contributed by atoms with Gasteiger partial charge in [-0.05, 0) is 24.3 Å². The molecule has 104 valence electrons.